The zero-order valence-corrected chi connectivity index (χ0v) is 13.4. The molecule has 22 heavy (non-hydrogen) atoms. The fourth-order valence-corrected chi connectivity index (χ4v) is 3.06. The number of ketones is 1. The molecule has 0 spiro atoms. The van der Waals surface area contributed by atoms with Crippen molar-refractivity contribution in [2.75, 3.05) is 5.32 Å². The van der Waals surface area contributed by atoms with Crippen LogP contribution < -0.4 is 10.1 Å². The predicted octanol–water partition coefficient (Wildman–Crippen LogP) is 3.45. The number of benzene rings is 1. The number of aromatic nitrogens is 1. The number of Topliss-reactive ketones (excluding diaryl/α,β-unsaturated/α-hetero) is 1. The maximum Gasteiger partial charge on any atom is 0.257 e. The topological polar surface area (TPSA) is 68.3 Å². The standard InChI is InChI=1S/C16H16N2O3S/c1-9-8-22-15(17-9)18-14(20)10-4-5-13-11(6-10)12(19)7-16(2,3)21-13/h4-6,8H,7H2,1-3H3,(H,17,18,20). The summed E-state index contributed by atoms with van der Waals surface area (Å²) in [6.45, 7) is 5.61. The third-order valence-corrected chi connectivity index (χ3v) is 4.23. The Kier molecular flexibility index (Phi) is 3.48. The van der Waals surface area contributed by atoms with Crippen molar-refractivity contribution in [3.63, 3.8) is 0 Å². The van der Waals surface area contributed by atoms with E-state index in [1.807, 2.05) is 26.2 Å². The molecular formula is C16H16N2O3S. The number of aryl methyl sites for hydroxylation is 1. The number of rotatable bonds is 2. The van der Waals surface area contributed by atoms with Crippen molar-refractivity contribution in [1.82, 2.24) is 4.98 Å². The molecule has 2 heterocycles. The lowest BCUT2D eigenvalue weighted by molar-refractivity contribution is 0.0620. The second kappa shape index (κ2) is 5.21. The van der Waals surface area contributed by atoms with E-state index in [4.69, 9.17) is 4.74 Å². The number of nitrogens with one attached hydrogen (secondary N) is 1. The quantitative estimate of drug-likeness (QED) is 0.921. The minimum atomic E-state index is -0.508. The van der Waals surface area contributed by atoms with Crippen LogP contribution in [0.15, 0.2) is 23.6 Å². The predicted molar refractivity (Wildman–Crippen MR) is 84.9 cm³/mol. The molecule has 2 aromatic rings. The van der Waals surface area contributed by atoms with E-state index in [0.717, 1.165) is 5.69 Å². The van der Waals surface area contributed by atoms with Gasteiger partial charge in [-0.3, -0.25) is 14.9 Å². The summed E-state index contributed by atoms with van der Waals surface area (Å²) in [6, 6.07) is 4.92. The van der Waals surface area contributed by atoms with Gasteiger partial charge in [-0.2, -0.15) is 0 Å². The number of hydrogen-bond donors (Lipinski definition) is 1. The summed E-state index contributed by atoms with van der Waals surface area (Å²) < 4.78 is 5.78. The highest BCUT2D eigenvalue weighted by atomic mass is 32.1. The molecule has 6 heteroatoms. The highest BCUT2D eigenvalue weighted by Crippen LogP contribution is 2.33. The molecule has 0 atom stereocenters. The molecule has 1 N–H and O–H groups in total. The Labute approximate surface area is 132 Å². The maximum atomic E-state index is 12.2. The fraction of sp³-hybridized carbons (Fsp3) is 0.312. The third kappa shape index (κ3) is 2.87. The number of carbonyl (C=O) groups excluding carboxylic acids is 2. The van der Waals surface area contributed by atoms with E-state index in [1.54, 1.807) is 18.2 Å². The summed E-state index contributed by atoms with van der Waals surface area (Å²) >= 11 is 1.37. The van der Waals surface area contributed by atoms with Gasteiger partial charge in [0.05, 0.1) is 17.7 Å². The van der Waals surface area contributed by atoms with E-state index in [9.17, 15) is 9.59 Å². The normalized spacial score (nSPS) is 15.9. The Morgan fingerprint density at radius 3 is 2.86 bits per heavy atom. The monoisotopic (exact) mass is 316 g/mol. The SMILES string of the molecule is Cc1csc(NC(=O)c2ccc3c(c2)C(=O)CC(C)(C)O3)n1. The van der Waals surface area contributed by atoms with Gasteiger partial charge >= 0.3 is 0 Å². The van der Waals surface area contributed by atoms with Crippen molar-refractivity contribution < 1.29 is 14.3 Å². The Morgan fingerprint density at radius 2 is 2.18 bits per heavy atom. The van der Waals surface area contributed by atoms with Crippen LogP contribution in [0, 0.1) is 6.92 Å². The van der Waals surface area contributed by atoms with Crippen LogP contribution in [0.5, 0.6) is 5.75 Å². The van der Waals surface area contributed by atoms with Crippen LogP contribution in [0.2, 0.25) is 0 Å². The van der Waals surface area contributed by atoms with Crippen molar-refractivity contribution >= 4 is 28.2 Å². The van der Waals surface area contributed by atoms with Crippen LogP contribution in [0.1, 0.15) is 46.7 Å². The fourth-order valence-electron chi connectivity index (χ4n) is 2.37. The second-order valence-electron chi connectivity index (χ2n) is 5.92. The van der Waals surface area contributed by atoms with Crippen LogP contribution in [0.25, 0.3) is 0 Å². The van der Waals surface area contributed by atoms with Crippen LogP contribution in [-0.2, 0) is 0 Å². The molecule has 0 saturated carbocycles. The zero-order chi connectivity index (χ0) is 15.9. The number of amides is 1. The van der Waals surface area contributed by atoms with Gasteiger partial charge in [0.1, 0.15) is 11.4 Å². The minimum absolute atomic E-state index is 0.00834. The van der Waals surface area contributed by atoms with Crippen molar-refractivity contribution in [3.05, 3.63) is 40.4 Å². The average Bonchev–Trinajstić information content (AvgIpc) is 2.82. The molecule has 1 aromatic heterocycles. The molecule has 1 aliphatic rings. The van der Waals surface area contributed by atoms with Crippen molar-refractivity contribution in [2.45, 2.75) is 32.8 Å². The number of ether oxygens (including phenoxy) is 1. The number of carbonyl (C=O) groups is 2. The summed E-state index contributed by atoms with van der Waals surface area (Å²) in [4.78, 5) is 28.7. The third-order valence-electron chi connectivity index (χ3n) is 3.35. The highest BCUT2D eigenvalue weighted by Gasteiger charge is 2.32. The number of anilines is 1. The van der Waals surface area contributed by atoms with Crippen molar-refractivity contribution in [1.29, 1.82) is 0 Å². The largest absolute Gasteiger partial charge is 0.487 e. The van der Waals surface area contributed by atoms with Gasteiger partial charge < -0.3 is 4.74 Å². The van der Waals surface area contributed by atoms with Crippen LogP contribution >= 0.6 is 11.3 Å². The first-order valence-corrected chi connectivity index (χ1v) is 7.82. The van der Waals surface area contributed by atoms with Crippen molar-refractivity contribution in [3.8, 4) is 5.75 Å². The van der Waals surface area contributed by atoms with Gasteiger partial charge in [-0.25, -0.2) is 4.98 Å². The molecular weight excluding hydrogens is 300 g/mol. The van der Waals surface area contributed by atoms with Gasteiger partial charge in [0.25, 0.3) is 5.91 Å². The lowest BCUT2D eigenvalue weighted by Crippen LogP contribution is -2.36. The van der Waals surface area contributed by atoms with Gasteiger partial charge in [0, 0.05) is 10.9 Å². The molecule has 114 valence electrons. The summed E-state index contributed by atoms with van der Waals surface area (Å²) in [5, 5.41) is 5.14. The molecule has 0 aliphatic carbocycles. The van der Waals surface area contributed by atoms with E-state index < -0.39 is 5.60 Å². The number of nitrogens with zero attached hydrogens (tertiary/aromatic N) is 1. The van der Waals surface area contributed by atoms with E-state index in [-0.39, 0.29) is 11.7 Å². The second-order valence-corrected chi connectivity index (χ2v) is 6.78. The first-order valence-electron chi connectivity index (χ1n) is 6.94. The van der Waals surface area contributed by atoms with E-state index >= 15 is 0 Å². The average molecular weight is 316 g/mol. The zero-order valence-electron chi connectivity index (χ0n) is 12.6. The summed E-state index contributed by atoms with van der Waals surface area (Å²) in [5.74, 6) is 0.240. The van der Waals surface area contributed by atoms with Crippen molar-refractivity contribution in [2.24, 2.45) is 0 Å². The van der Waals surface area contributed by atoms with E-state index in [2.05, 4.69) is 10.3 Å². The Morgan fingerprint density at radius 1 is 1.41 bits per heavy atom. The van der Waals surface area contributed by atoms with E-state index in [0.29, 0.717) is 28.4 Å². The van der Waals surface area contributed by atoms with Crippen LogP contribution in [-0.4, -0.2) is 22.3 Å². The Balaban J connectivity index is 1.86. The lowest BCUT2D eigenvalue weighted by Gasteiger charge is -2.31. The molecule has 5 nitrogen and oxygen atoms in total. The first kappa shape index (κ1) is 14.7. The summed E-state index contributed by atoms with van der Waals surface area (Å²) in [7, 11) is 0. The number of fused-ring (bicyclic) bond motifs is 1. The van der Waals surface area contributed by atoms with Gasteiger partial charge in [-0.1, -0.05) is 0 Å². The Hall–Kier alpha value is -2.21. The van der Waals surface area contributed by atoms with Gasteiger partial charge in [-0.15, -0.1) is 11.3 Å². The maximum absolute atomic E-state index is 12.2. The highest BCUT2D eigenvalue weighted by molar-refractivity contribution is 7.13. The van der Waals surface area contributed by atoms with Crippen LogP contribution in [0.3, 0.4) is 0 Å². The Bertz CT molecular complexity index is 765. The van der Waals surface area contributed by atoms with Gasteiger partial charge in [0.2, 0.25) is 0 Å². The molecule has 1 amide bonds. The number of thiazole rings is 1. The molecule has 1 aromatic carbocycles. The molecule has 0 unspecified atom stereocenters. The number of hydrogen-bond acceptors (Lipinski definition) is 5. The lowest BCUT2D eigenvalue weighted by atomic mass is 9.92. The first-order chi connectivity index (χ1) is 10.3. The minimum Gasteiger partial charge on any atom is -0.487 e. The molecule has 3 rings (SSSR count). The van der Waals surface area contributed by atoms with Crippen LogP contribution in [0.4, 0.5) is 5.13 Å². The smallest absolute Gasteiger partial charge is 0.257 e. The molecule has 0 radical (unpaired) electrons. The summed E-state index contributed by atoms with van der Waals surface area (Å²) in [5.41, 5.74) is 1.23. The molecule has 0 fully saturated rings. The molecule has 1 aliphatic heterocycles. The van der Waals surface area contributed by atoms with E-state index in [1.165, 1.54) is 11.3 Å². The summed E-state index contributed by atoms with van der Waals surface area (Å²) in [6.07, 6.45) is 0.302. The van der Waals surface area contributed by atoms with Gasteiger partial charge in [0.15, 0.2) is 10.9 Å². The van der Waals surface area contributed by atoms with Gasteiger partial charge in [-0.05, 0) is 39.0 Å². The molecule has 0 saturated heterocycles. The molecule has 0 bridgehead atoms.